The molecule has 0 aliphatic heterocycles. The summed E-state index contributed by atoms with van der Waals surface area (Å²) in [6.07, 6.45) is 5.13. The summed E-state index contributed by atoms with van der Waals surface area (Å²) in [6, 6.07) is 15.5. The van der Waals surface area contributed by atoms with Crippen molar-refractivity contribution in [1.29, 1.82) is 0 Å². The smallest absolute Gasteiger partial charge is 0.343 e. The minimum atomic E-state index is -0.294. The van der Waals surface area contributed by atoms with E-state index in [2.05, 4.69) is 19.1 Å². The first-order valence-corrected chi connectivity index (χ1v) is 8.50. The molecule has 2 nitrogen and oxygen atoms in total. The molecule has 0 radical (unpaired) electrons. The molecule has 3 rings (SSSR count). The van der Waals surface area contributed by atoms with E-state index in [9.17, 15) is 4.79 Å². The van der Waals surface area contributed by atoms with Gasteiger partial charge in [0.15, 0.2) is 0 Å². The highest BCUT2D eigenvalue weighted by Crippen LogP contribution is 2.35. The quantitative estimate of drug-likeness (QED) is 0.552. The molecule has 2 heteroatoms. The average Bonchev–Trinajstić information content (AvgIpc) is 2.58. The summed E-state index contributed by atoms with van der Waals surface area (Å²) in [5.41, 5.74) is 3.11. The fourth-order valence-electron chi connectivity index (χ4n) is 3.26. The van der Waals surface area contributed by atoms with Gasteiger partial charge in [-0.1, -0.05) is 49.6 Å². The maximum absolute atomic E-state index is 12.2. The molecular weight excluding hydrogens is 284 g/mol. The minimum absolute atomic E-state index is 0.294. The van der Waals surface area contributed by atoms with E-state index in [0.717, 1.165) is 11.5 Å². The van der Waals surface area contributed by atoms with Crippen LogP contribution in [-0.4, -0.2) is 5.97 Å². The van der Waals surface area contributed by atoms with Gasteiger partial charge in [-0.15, -0.1) is 0 Å². The summed E-state index contributed by atoms with van der Waals surface area (Å²) in [5, 5.41) is 0. The Labute approximate surface area is 138 Å². The van der Waals surface area contributed by atoms with Gasteiger partial charge in [-0.05, 0) is 61.4 Å². The second-order valence-corrected chi connectivity index (χ2v) is 6.78. The lowest BCUT2D eigenvalue weighted by Gasteiger charge is -2.26. The van der Waals surface area contributed by atoms with Gasteiger partial charge in [-0.25, -0.2) is 4.79 Å². The standard InChI is InChI=1S/C21H24O2/c1-15-3-7-17(8-4-15)18-9-11-19(12-10-18)21(22)23-20-13-5-16(2)6-14-20/h5-6,9-15,17H,3-4,7-8H2,1-2H3. The number of carbonyl (C=O) groups is 1. The predicted octanol–water partition coefficient (Wildman–Crippen LogP) is 5.51. The average molecular weight is 308 g/mol. The molecule has 1 saturated carbocycles. The number of benzene rings is 2. The molecule has 0 spiro atoms. The Kier molecular flexibility index (Phi) is 4.80. The van der Waals surface area contributed by atoms with Crippen molar-refractivity contribution in [3.63, 3.8) is 0 Å². The first kappa shape index (κ1) is 15.8. The van der Waals surface area contributed by atoms with Gasteiger partial charge in [-0.3, -0.25) is 0 Å². The Morgan fingerprint density at radius 1 is 0.913 bits per heavy atom. The lowest BCUT2D eigenvalue weighted by molar-refractivity contribution is 0.0734. The third-order valence-corrected chi connectivity index (χ3v) is 4.87. The minimum Gasteiger partial charge on any atom is -0.423 e. The molecule has 0 atom stereocenters. The number of aryl methyl sites for hydroxylation is 1. The number of ether oxygens (including phenoxy) is 1. The SMILES string of the molecule is Cc1ccc(OC(=O)c2ccc(C3CCC(C)CC3)cc2)cc1. The largest absolute Gasteiger partial charge is 0.423 e. The number of esters is 1. The predicted molar refractivity (Wildman–Crippen MR) is 93.0 cm³/mol. The molecule has 0 aromatic heterocycles. The van der Waals surface area contributed by atoms with E-state index in [1.807, 2.05) is 43.3 Å². The summed E-state index contributed by atoms with van der Waals surface area (Å²) in [7, 11) is 0. The van der Waals surface area contributed by atoms with Crippen LogP contribution in [0.15, 0.2) is 48.5 Å². The van der Waals surface area contributed by atoms with Crippen LogP contribution in [0.4, 0.5) is 0 Å². The van der Waals surface area contributed by atoms with Crippen molar-refractivity contribution < 1.29 is 9.53 Å². The molecule has 1 fully saturated rings. The molecule has 0 saturated heterocycles. The lowest BCUT2D eigenvalue weighted by Crippen LogP contribution is -2.12. The third kappa shape index (κ3) is 4.01. The maximum Gasteiger partial charge on any atom is 0.343 e. The fourth-order valence-corrected chi connectivity index (χ4v) is 3.26. The zero-order valence-electron chi connectivity index (χ0n) is 13.9. The Bertz CT molecular complexity index is 647. The molecule has 0 N–H and O–H groups in total. The Morgan fingerprint density at radius 3 is 2.13 bits per heavy atom. The molecule has 0 bridgehead atoms. The maximum atomic E-state index is 12.2. The van der Waals surface area contributed by atoms with Crippen molar-refractivity contribution in [3.05, 3.63) is 65.2 Å². The number of rotatable bonds is 3. The first-order valence-electron chi connectivity index (χ1n) is 8.50. The van der Waals surface area contributed by atoms with Crippen molar-refractivity contribution in [1.82, 2.24) is 0 Å². The first-order chi connectivity index (χ1) is 11.1. The normalized spacial score (nSPS) is 21.0. The second kappa shape index (κ2) is 6.99. The lowest BCUT2D eigenvalue weighted by atomic mass is 9.79. The third-order valence-electron chi connectivity index (χ3n) is 4.87. The molecular formula is C21H24O2. The van der Waals surface area contributed by atoms with Crippen LogP contribution in [0, 0.1) is 12.8 Å². The molecule has 0 unspecified atom stereocenters. The van der Waals surface area contributed by atoms with E-state index in [1.165, 1.54) is 31.2 Å². The van der Waals surface area contributed by atoms with E-state index < -0.39 is 0 Å². The van der Waals surface area contributed by atoms with Crippen molar-refractivity contribution >= 4 is 5.97 Å². The summed E-state index contributed by atoms with van der Waals surface area (Å²) in [4.78, 5) is 12.2. The zero-order chi connectivity index (χ0) is 16.2. The molecule has 0 heterocycles. The van der Waals surface area contributed by atoms with Crippen LogP contribution < -0.4 is 4.74 Å². The van der Waals surface area contributed by atoms with Gasteiger partial charge in [0.2, 0.25) is 0 Å². The molecule has 2 aromatic carbocycles. The summed E-state index contributed by atoms with van der Waals surface area (Å²) in [5.74, 6) is 1.80. The van der Waals surface area contributed by atoms with Gasteiger partial charge >= 0.3 is 5.97 Å². The van der Waals surface area contributed by atoms with Gasteiger partial charge in [-0.2, -0.15) is 0 Å². The highest BCUT2D eigenvalue weighted by Gasteiger charge is 2.20. The van der Waals surface area contributed by atoms with E-state index in [-0.39, 0.29) is 5.97 Å². The van der Waals surface area contributed by atoms with Gasteiger partial charge in [0.25, 0.3) is 0 Å². The van der Waals surface area contributed by atoms with Crippen LogP contribution in [-0.2, 0) is 0 Å². The Hall–Kier alpha value is -2.09. The van der Waals surface area contributed by atoms with Crippen LogP contribution in [0.2, 0.25) is 0 Å². The number of hydrogen-bond donors (Lipinski definition) is 0. The molecule has 0 amide bonds. The van der Waals surface area contributed by atoms with Crippen molar-refractivity contribution in [2.45, 2.75) is 45.4 Å². The van der Waals surface area contributed by atoms with Crippen LogP contribution in [0.25, 0.3) is 0 Å². The van der Waals surface area contributed by atoms with Gasteiger partial charge in [0.1, 0.15) is 5.75 Å². The molecule has 1 aliphatic carbocycles. The van der Waals surface area contributed by atoms with E-state index in [1.54, 1.807) is 0 Å². The number of carbonyl (C=O) groups excluding carboxylic acids is 1. The van der Waals surface area contributed by atoms with Gasteiger partial charge in [0.05, 0.1) is 5.56 Å². The monoisotopic (exact) mass is 308 g/mol. The zero-order valence-corrected chi connectivity index (χ0v) is 13.9. The van der Waals surface area contributed by atoms with Crippen molar-refractivity contribution in [2.24, 2.45) is 5.92 Å². The van der Waals surface area contributed by atoms with Crippen LogP contribution in [0.5, 0.6) is 5.75 Å². The molecule has 120 valence electrons. The summed E-state index contributed by atoms with van der Waals surface area (Å²) in [6.45, 7) is 4.34. The highest BCUT2D eigenvalue weighted by molar-refractivity contribution is 5.91. The molecule has 1 aliphatic rings. The van der Waals surface area contributed by atoms with Crippen molar-refractivity contribution in [3.8, 4) is 5.75 Å². The number of hydrogen-bond acceptors (Lipinski definition) is 2. The van der Waals surface area contributed by atoms with E-state index in [4.69, 9.17) is 4.74 Å². The Morgan fingerprint density at radius 2 is 1.52 bits per heavy atom. The topological polar surface area (TPSA) is 26.3 Å². The Balaban J connectivity index is 1.64. The second-order valence-electron chi connectivity index (χ2n) is 6.78. The summed E-state index contributed by atoms with van der Waals surface area (Å²) >= 11 is 0. The fraction of sp³-hybridized carbons (Fsp3) is 0.381. The van der Waals surface area contributed by atoms with E-state index >= 15 is 0 Å². The van der Waals surface area contributed by atoms with Gasteiger partial charge < -0.3 is 4.74 Å². The van der Waals surface area contributed by atoms with E-state index in [0.29, 0.717) is 17.2 Å². The van der Waals surface area contributed by atoms with Crippen LogP contribution in [0.1, 0.15) is 60.0 Å². The molecule has 2 aromatic rings. The van der Waals surface area contributed by atoms with Crippen molar-refractivity contribution in [2.75, 3.05) is 0 Å². The van der Waals surface area contributed by atoms with Gasteiger partial charge in [0, 0.05) is 0 Å². The van der Waals surface area contributed by atoms with Crippen LogP contribution in [0.3, 0.4) is 0 Å². The molecule has 23 heavy (non-hydrogen) atoms. The highest BCUT2D eigenvalue weighted by atomic mass is 16.5. The van der Waals surface area contributed by atoms with Crippen LogP contribution >= 0.6 is 0 Å². The summed E-state index contributed by atoms with van der Waals surface area (Å²) < 4.78 is 5.42.